The predicted octanol–water partition coefficient (Wildman–Crippen LogP) is 4.33. The number of benzene rings is 1. The van der Waals surface area contributed by atoms with Crippen molar-refractivity contribution < 1.29 is 4.79 Å². The number of halogens is 3. The minimum atomic E-state index is -1.41. The van der Waals surface area contributed by atoms with E-state index in [1.54, 1.807) is 0 Å². The van der Waals surface area contributed by atoms with Crippen LogP contribution < -0.4 is 0 Å². The lowest BCUT2D eigenvalue weighted by atomic mass is 10.2. The lowest BCUT2D eigenvalue weighted by Gasteiger charge is -2.05. The number of hydrogen-bond acceptors (Lipinski definition) is 1. The molecule has 0 aliphatic rings. The van der Waals surface area contributed by atoms with Crippen LogP contribution in [0.2, 0.25) is 0 Å². The minimum Gasteiger partial charge on any atom is -0.300 e. The maximum absolute atomic E-state index is 10.2. The van der Waals surface area contributed by atoms with Crippen LogP contribution in [0.25, 0.3) is 0 Å². The molecule has 0 unspecified atom stereocenters. The van der Waals surface area contributed by atoms with E-state index in [-0.39, 0.29) is 12.2 Å². The lowest BCUT2D eigenvalue weighted by Crippen LogP contribution is -2.07. The van der Waals surface area contributed by atoms with E-state index in [9.17, 15) is 4.79 Å². The first-order valence-electron chi connectivity index (χ1n) is 4.39. The van der Waals surface area contributed by atoms with Gasteiger partial charge in [-0.1, -0.05) is 70.7 Å². The summed E-state index contributed by atoms with van der Waals surface area (Å²) in [5.74, 6) is -0.120. The van der Waals surface area contributed by atoms with Gasteiger partial charge in [0.1, 0.15) is 5.78 Å². The molecular weight excluding hydrogens is 254 g/mol. The fraction of sp³-hybridized carbons (Fsp3) is 0.364. The van der Waals surface area contributed by atoms with Gasteiger partial charge in [0.25, 0.3) is 0 Å². The van der Waals surface area contributed by atoms with E-state index in [1.165, 1.54) is 12.5 Å². The normalized spacial score (nSPS) is 10.2. The summed E-state index contributed by atoms with van der Waals surface area (Å²) in [6, 6.07) is 10.3. The van der Waals surface area contributed by atoms with Crippen molar-refractivity contribution in [1.29, 1.82) is 0 Å². The topological polar surface area (TPSA) is 17.1 Å². The van der Waals surface area contributed by atoms with Crippen LogP contribution in [0.5, 0.6) is 0 Å². The Morgan fingerprint density at radius 3 is 1.80 bits per heavy atom. The number of rotatable bonds is 1. The lowest BCUT2D eigenvalue weighted by molar-refractivity contribution is -0.116. The molecule has 0 heterocycles. The average molecular weight is 268 g/mol. The Labute approximate surface area is 105 Å². The van der Waals surface area contributed by atoms with Crippen molar-refractivity contribution in [2.24, 2.45) is 0 Å². The molecule has 1 nitrogen and oxygen atoms in total. The molecule has 0 saturated heterocycles. The molecule has 0 N–H and O–H groups in total. The summed E-state index contributed by atoms with van der Waals surface area (Å²) in [4.78, 5) is 10.2. The van der Waals surface area contributed by atoms with Gasteiger partial charge in [-0.15, -0.1) is 0 Å². The molecule has 0 aliphatic carbocycles. The van der Waals surface area contributed by atoms with Crippen molar-refractivity contribution in [1.82, 2.24) is 0 Å². The Hall–Kier alpha value is -0.240. The highest BCUT2D eigenvalue weighted by molar-refractivity contribution is 6.68. The molecule has 1 aromatic carbocycles. The number of aryl methyl sites for hydroxylation is 1. The number of hydrogen-bond donors (Lipinski definition) is 0. The molecule has 0 aromatic heterocycles. The van der Waals surface area contributed by atoms with Gasteiger partial charge in [-0.05, 0) is 13.8 Å². The van der Waals surface area contributed by atoms with E-state index in [2.05, 4.69) is 19.1 Å². The van der Waals surface area contributed by atoms with Gasteiger partial charge in [0.2, 0.25) is 0 Å². The van der Waals surface area contributed by atoms with E-state index in [0.29, 0.717) is 0 Å². The zero-order valence-corrected chi connectivity index (χ0v) is 10.9. The molecule has 84 valence electrons. The van der Waals surface area contributed by atoms with Crippen LogP contribution in [-0.4, -0.2) is 9.58 Å². The molecule has 0 amide bonds. The third-order valence-electron chi connectivity index (χ3n) is 1.39. The second kappa shape index (κ2) is 7.10. The number of carbonyl (C=O) groups is 1. The van der Waals surface area contributed by atoms with E-state index in [1.807, 2.05) is 18.2 Å². The first-order valence-corrected chi connectivity index (χ1v) is 5.52. The van der Waals surface area contributed by atoms with Gasteiger partial charge in [-0.25, -0.2) is 0 Å². The molecule has 0 bridgehead atoms. The largest absolute Gasteiger partial charge is 0.300 e. The van der Waals surface area contributed by atoms with Crippen molar-refractivity contribution in [3.8, 4) is 0 Å². The molecule has 15 heavy (non-hydrogen) atoms. The summed E-state index contributed by atoms with van der Waals surface area (Å²) in [6.07, 6.45) is -0.0162. The van der Waals surface area contributed by atoms with Crippen LogP contribution in [0.3, 0.4) is 0 Å². The molecule has 0 spiro atoms. The number of carbonyl (C=O) groups excluding carboxylic acids is 1. The third kappa shape index (κ3) is 11.7. The van der Waals surface area contributed by atoms with Crippen LogP contribution in [0, 0.1) is 6.92 Å². The van der Waals surface area contributed by atoms with Crippen molar-refractivity contribution in [3.05, 3.63) is 35.9 Å². The number of ketones is 1. The maximum atomic E-state index is 10.2. The van der Waals surface area contributed by atoms with E-state index in [0.717, 1.165) is 0 Å². The highest BCUT2D eigenvalue weighted by Crippen LogP contribution is 2.29. The van der Waals surface area contributed by atoms with Crippen LogP contribution in [0.4, 0.5) is 0 Å². The van der Waals surface area contributed by atoms with Crippen LogP contribution in [0.1, 0.15) is 18.9 Å². The predicted molar refractivity (Wildman–Crippen MR) is 66.8 cm³/mol. The smallest absolute Gasteiger partial charge is 0.197 e. The van der Waals surface area contributed by atoms with Crippen LogP contribution >= 0.6 is 34.8 Å². The number of alkyl halides is 3. The molecule has 0 fully saturated rings. The fourth-order valence-corrected chi connectivity index (χ4v) is 1.38. The highest BCUT2D eigenvalue weighted by Gasteiger charge is 2.21. The van der Waals surface area contributed by atoms with Crippen LogP contribution in [-0.2, 0) is 4.79 Å². The zero-order chi connectivity index (χ0) is 11.9. The molecule has 0 atom stereocenters. The zero-order valence-electron chi connectivity index (χ0n) is 8.64. The fourth-order valence-electron chi connectivity index (χ4n) is 0.817. The molecule has 0 aliphatic heterocycles. The van der Waals surface area contributed by atoms with Gasteiger partial charge >= 0.3 is 0 Å². The monoisotopic (exact) mass is 266 g/mol. The van der Waals surface area contributed by atoms with E-state index >= 15 is 0 Å². The van der Waals surface area contributed by atoms with Gasteiger partial charge in [-0.2, -0.15) is 0 Å². The quantitative estimate of drug-likeness (QED) is 0.692. The standard InChI is InChI=1S/C7H8.C4H5Cl3O/c1-7-5-3-2-4-6-7;1-3(8)2-4(5,6)7/h2-6H,1H3;2H2,1H3. The second-order valence-electron chi connectivity index (χ2n) is 3.15. The third-order valence-corrected chi connectivity index (χ3v) is 1.79. The van der Waals surface area contributed by atoms with Gasteiger partial charge < -0.3 is 0 Å². The molecule has 0 radical (unpaired) electrons. The van der Waals surface area contributed by atoms with E-state index in [4.69, 9.17) is 34.8 Å². The highest BCUT2D eigenvalue weighted by atomic mass is 35.6. The second-order valence-corrected chi connectivity index (χ2v) is 5.66. The Balaban J connectivity index is 0.000000262. The SMILES string of the molecule is CC(=O)CC(Cl)(Cl)Cl.Cc1ccccc1. The van der Waals surface area contributed by atoms with Crippen molar-refractivity contribution in [2.75, 3.05) is 0 Å². The molecule has 4 heteroatoms. The van der Waals surface area contributed by atoms with E-state index < -0.39 is 3.79 Å². The van der Waals surface area contributed by atoms with Crippen molar-refractivity contribution >= 4 is 40.6 Å². The van der Waals surface area contributed by atoms with Gasteiger partial charge in [0.05, 0.1) is 6.42 Å². The summed E-state index contributed by atoms with van der Waals surface area (Å²) in [5, 5.41) is 0. The first-order chi connectivity index (χ1) is 6.81. The first kappa shape index (κ1) is 14.8. The van der Waals surface area contributed by atoms with Gasteiger partial charge in [0, 0.05) is 0 Å². The summed E-state index contributed by atoms with van der Waals surface area (Å²) >= 11 is 15.7. The van der Waals surface area contributed by atoms with Gasteiger partial charge in [-0.3, -0.25) is 4.79 Å². The van der Waals surface area contributed by atoms with Crippen molar-refractivity contribution in [3.63, 3.8) is 0 Å². The molecular formula is C11H13Cl3O. The Kier molecular flexibility index (Phi) is 6.99. The molecule has 1 aromatic rings. The Morgan fingerprint density at radius 2 is 1.67 bits per heavy atom. The average Bonchev–Trinajstić information content (AvgIpc) is 2.01. The summed E-state index contributed by atoms with van der Waals surface area (Å²) in [5.41, 5.74) is 1.32. The summed E-state index contributed by atoms with van der Waals surface area (Å²) in [6.45, 7) is 3.46. The van der Waals surface area contributed by atoms with Crippen LogP contribution in [0.15, 0.2) is 30.3 Å². The Bertz CT molecular complexity index is 290. The molecule has 1 rings (SSSR count). The van der Waals surface area contributed by atoms with Gasteiger partial charge in [0.15, 0.2) is 3.79 Å². The van der Waals surface area contributed by atoms with Crippen molar-refractivity contribution in [2.45, 2.75) is 24.1 Å². The Morgan fingerprint density at radius 1 is 1.20 bits per heavy atom. The summed E-state index contributed by atoms with van der Waals surface area (Å²) in [7, 11) is 0. The number of Topliss-reactive ketones (excluding diaryl/α,β-unsaturated/α-hetero) is 1. The maximum Gasteiger partial charge on any atom is 0.197 e. The molecule has 0 saturated carbocycles. The summed E-state index contributed by atoms with van der Waals surface area (Å²) < 4.78 is -1.41. The minimum absolute atomic E-state index is 0.0162.